The summed E-state index contributed by atoms with van der Waals surface area (Å²) in [7, 11) is 1.63. The summed E-state index contributed by atoms with van der Waals surface area (Å²) in [6, 6.07) is 19.3. The van der Waals surface area contributed by atoms with Gasteiger partial charge in [-0.3, -0.25) is 4.79 Å². The maximum absolute atomic E-state index is 12.4. The first-order chi connectivity index (χ1) is 13.2. The second kappa shape index (κ2) is 6.96. The van der Waals surface area contributed by atoms with Gasteiger partial charge in [-0.1, -0.05) is 30.3 Å². The van der Waals surface area contributed by atoms with Crippen molar-refractivity contribution in [3.63, 3.8) is 0 Å². The number of ether oxygens (including phenoxy) is 1. The van der Waals surface area contributed by atoms with E-state index in [1.165, 1.54) is 0 Å². The number of nitrogens with one attached hydrogen (secondary N) is 1. The van der Waals surface area contributed by atoms with Crippen LogP contribution in [0.2, 0.25) is 0 Å². The summed E-state index contributed by atoms with van der Waals surface area (Å²) in [4.78, 5) is 12.4. The summed E-state index contributed by atoms with van der Waals surface area (Å²) in [5.74, 6) is 0.645. The number of carbonyl (C=O) groups is 1. The maximum Gasteiger partial charge on any atom is 0.307 e. The number of fused-ring (bicyclic) bond motifs is 3. The van der Waals surface area contributed by atoms with E-state index in [-0.39, 0.29) is 5.76 Å². The van der Waals surface area contributed by atoms with Gasteiger partial charge < -0.3 is 9.15 Å². The van der Waals surface area contributed by atoms with Gasteiger partial charge in [0, 0.05) is 5.39 Å². The van der Waals surface area contributed by atoms with E-state index in [9.17, 15) is 4.79 Å². The first kappa shape index (κ1) is 16.8. The first-order valence-corrected chi connectivity index (χ1v) is 8.55. The molecule has 0 saturated carbocycles. The van der Waals surface area contributed by atoms with E-state index in [2.05, 4.69) is 10.5 Å². The molecule has 0 aliphatic heterocycles. The number of rotatable bonds is 4. The molecule has 0 bridgehead atoms. The van der Waals surface area contributed by atoms with Crippen LogP contribution in [0.1, 0.15) is 21.7 Å². The molecular weight excluding hydrogens is 340 g/mol. The second-order valence-electron chi connectivity index (χ2n) is 6.24. The Kier molecular flexibility index (Phi) is 4.34. The first-order valence-electron chi connectivity index (χ1n) is 8.55. The number of benzene rings is 3. The van der Waals surface area contributed by atoms with Gasteiger partial charge in [0.1, 0.15) is 11.3 Å². The molecule has 27 heavy (non-hydrogen) atoms. The van der Waals surface area contributed by atoms with Crippen LogP contribution in [-0.4, -0.2) is 19.2 Å². The van der Waals surface area contributed by atoms with Gasteiger partial charge in [-0.05, 0) is 59.2 Å². The number of hydrogen-bond acceptors (Lipinski definition) is 4. The van der Waals surface area contributed by atoms with Crippen LogP contribution in [0.15, 0.2) is 70.2 Å². The van der Waals surface area contributed by atoms with E-state index < -0.39 is 5.91 Å². The van der Waals surface area contributed by atoms with Gasteiger partial charge in [0.15, 0.2) is 5.76 Å². The van der Waals surface area contributed by atoms with E-state index in [0.29, 0.717) is 5.58 Å². The van der Waals surface area contributed by atoms with Crippen LogP contribution in [0.5, 0.6) is 5.75 Å². The van der Waals surface area contributed by atoms with E-state index >= 15 is 0 Å². The predicted molar refractivity (Wildman–Crippen MR) is 107 cm³/mol. The molecule has 4 rings (SSSR count). The van der Waals surface area contributed by atoms with Crippen LogP contribution in [0.4, 0.5) is 0 Å². The Hall–Kier alpha value is -3.60. The van der Waals surface area contributed by atoms with Crippen molar-refractivity contribution in [3.8, 4) is 5.75 Å². The molecular formula is C22H18N2O3. The van der Waals surface area contributed by atoms with Gasteiger partial charge in [-0.15, -0.1) is 0 Å². The topological polar surface area (TPSA) is 63.8 Å². The summed E-state index contributed by atoms with van der Waals surface area (Å²) in [6.45, 7) is 1.95. The number of carbonyl (C=O) groups excluding carboxylic acids is 1. The molecule has 0 fully saturated rings. The van der Waals surface area contributed by atoms with E-state index in [4.69, 9.17) is 9.15 Å². The molecule has 1 heterocycles. The van der Waals surface area contributed by atoms with Crippen LogP contribution < -0.4 is 10.2 Å². The highest BCUT2D eigenvalue weighted by Crippen LogP contribution is 2.28. The molecule has 0 aliphatic carbocycles. The molecule has 0 radical (unpaired) electrons. The molecule has 4 aromatic rings. The lowest BCUT2D eigenvalue weighted by Crippen LogP contribution is -2.16. The largest absolute Gasteiger partial charge is 0.496 e. The number of hydrazone groups is 1. The van der Waals surface area contributed by atoms with E-state index in [0.717, 1.165) is 33.0 Å². The monoisotopic (exact) mass is 358 g/mol. The average Bonchev–Trinajstić information content (AvgIpc) is 3.13. The molecule has 0 aliphatic rings. The van der Waals surface area contributed by atoms with Crippen LogP contribution in [0.25, 0.3) is 21.7 Å². The molecule has 1 N–H and O–H groups in total. The van der Waals surface area contributed by atoms with Gasteiger partial charge >= 0.3 is 5.91 Å². The lowest BCUT2D eigenvalue weighted by atomic mass is 10.1. The number of aryl methyl sites for hydroxylation is 1. The van der Waals surface area contributed by atoms with Crippen molar-refractivity contribution in [2.24, 2.45) is 5.10 Å². The Balaban J connectivity index is 1.54. The Bertz CT molecular complexity index is 1170. The van der Waals surface area contributed by atoms with E-state index in [1.807, 2.05) is 61.5 Å². The number of furan rings is 1. The van der Waals surface area contributed by atoms with Crippen molar-refractivity contribution in [1.82, 2.24) is 5.43 Å². The summed E-state index contributed by atoms with van der Waals surface area (Å²) >= 11 is 0. The second-order valence-corrected chi connectivity index (χ2v) is 6.24. The van der Waals surface area contributed by atoms with Crippen LogP contribution >= 0.6 is 0 Å². The predicted octanol–water partition coefficient (Wildman–Crippen LogP) is 4.67. The SMILES string of the molecule is COc1ccc(/C=N\NC(=O)c2cc3c(ccc4ccccc43)o2)cc1C. The Morgan fingerprint density at radius 2 is 1.93 bits per heavy atom. The van der Waals surface area contributed by atoms with Gasteiger partial charge in [0.25, 0.3) is 0 Å². The highest BCUT2D eigenvalue weighted by molar-refractivity contribution is 6.08. The van der Waals surface area contributed by atoms with E-state index in [1.54, 1.807) is 19.4 Å². The van der Waals surface area contributed by atoms with Crippen molar-refractivity contribution in [3.05, 3.63) is 77.6 Å². The minimum atomic E-state index is -0.392. The summed E-state index contributed by atoms with van der Waals surface area (Å²) in [6.07, 6.45) is 1.59. The third kappa shape index (κ3) is 3.27. The fourth-order valence-corrected chi connectivity index (χ4v) is 3.11. The molecule has 134 valence electrons. The quantitative estimate of drug-likeness (QED) is 0.426. The van der Waals surface area contributed by atoms with Crippen molar-refractivity contribution in [1.29, 1.82) is 0 Å². The third-order valence-corrected chi connectivity index (χ3v) is 4.45. The summed E-state index contributed by atoms with van der Waals surface area (Å²) < 4.78 is 10.9. The van der Waals surface area contributed by atoms with Gasteiger partial charge in [-0.2, -0.15) is 5.10 Å². The molecule has 1 amide bonds. The maximum atomic E-state index is 12.4. The Morgan fingerprint density at radius 3 is 2.74 bits per heavy atom. The molecule has 0 atom stereocenters. The molecule has 0 spiro atoms. The standard InChI is InChI=1S/C22H18N2O3/c1-14-11-15(7-9-19(14)26-2)13-23-24-22(25)21-12-18-17-6-4-3-5-16(17)8-10-20(18)27-21/h3-13H,1-2H3,(H,24,25)/b23-13-. The Morgan fingerprint density at radius 1 is 1.07 bits per heavy atom. The fourth-order valence-electron chi connectivity index (χ4n) is 3.11. The number of nitrogens with zero attached hydrogens (tertiary/aromatic N) is 1. The van der Waals surface area contributed by atoms with Crippen LogP contribution in [0, 0.1) is 6.92 Å². The lowest BCUT2D eigenvalue weighted by molar-refractivity contribution is 0.0929. The molecule has 0 unspecified atom stereocenters. The zero-order chi connectivity index (χ0) is 18.8. The van der Waals surface area contributed by atoms with Crippen LogP contribution in [-0.2, 0) is 0 Å². The number of amides is 1. The smallest absolute Gasteiger partial charge is 0.307 e. The lowest BCUT2D eigenvalue weighted by Gasteiger charge is -2.04. The zero-order valence-electron chi connectivity index (χ0n) is 15.0. The van der Waals surface area contributed by atoms with Crippen molar-refractivity contribution in [2.75, 3.05) is 7.11 Å². The van der Waals surface area contributed by atoms with Crippen molar-refractivity contribution >= 4 is 33.9 Å². The fraction of sp³-hybridized carbons (Fsp3) is 0.0909. The molecule has 5 heteroatoms. The molecule has 3 aromatic carbocycles. The molecule has 0 saturated heterocycles. The highest BCUT2D eigenvalue weighted by atomic mass is 16.5. The van der Waals surface area contributed by atoms with Crippen molar-refractivity contribution in [2.45, 2.75) is 6.92 Å². The minimum absolute atomic E-state index is 0.226. The van der Waals surface area contributed by atoms with Crippen LogP contribution in [0.3, 0.4) is 0 Å². The summed E-state index contributed by atoms with van der Waals surface area (Å²) in [5, 5.41) is 7.09. The highest BCUT2D eigenvalue weighted by Gasteiger charge is 2.13. The minimum Gasteiger partial charge on any atom is -0.496 e. The number of methoxy groups -OCH3 is 1. The van der Waals surface area contributed by atoms with Gasteiger partial charge in [-0.25, -0.2) is 5.43 Å². The zero-order valence-corrected chi connectivity index (χ0v) is 15.0. The normalized spacial score (nSPS) is 11.3. The summed E-state index contributed by atoms with van der Waals surface area (Å²) in [5.41, 5.74) is 5.05. The third-order valence-electron chi connectivity index (χ3n) is 4.45. The Labute approximate surface area is 156 Å². The van der Waals surface area contributed by atoms with Gasteiger partial charge in [0.05, 0.1) is 13.3 Å². The molecule has 1 aromatic heterocycles. The number of hydrogen-bond donors (Lipinski definition) is 1. The molecule has 5 nitrogen and oxygen atoms in total. The average molecular weight is 358 g/mol. The van der Waals surface area contributed by atoms with Gasteiger partial charge in [0.2, 0.25) is 0 Å². The van der Waals surface area contributed by atoms with Crippen molar-refractivity contribution < 1.29 is 13.9 Å².